The number of piperidine rings is 1. The van der Waals surface area contributed by atoms with Gasteiger partial charge >= 0.3 is 0 Å². The lowest BCUT2D eigenvalue weighted by molar-refractivity contribution is -0.126. The van der Waals surface area contributed by atoms with E-state index in [1.165, 1.54) is 22.5 Å². The molecule has 0 atom stereocenters. The molecular formula is C27H30FN3O5S. The molecule has 4 rings (SSSR count). The van der Waals surface area contributed by atoms with Crippen LogP contribution in [0, 0.1) is 18.7 Å². The molecule has 0 unspecified atom stereocenters. The summed E-state index contributed by atoms with van der Waals surface area (Å²) in [6.07, 6.45) is 3.64. The minimum absolute atomic E-state index is 0.0357. The number of hydrogen-bond donors (Lipinski definition) is 1. The monoisotopic (exact) mass is 527 g/mol. The molecular weight excluding hydrogens is 497 g/mol. The van der Waals surface area contributed by atoms with Crippen molar-refractivity contribution in [2.24, 2.45) is 5.92 Å². The predicted molar refractivity (Wildman–Crippen MR) is 138 cm³/mol. The summed E-state index contributed by atoms with van der Waals surface area (Å²) in [6.45, 7) is 4.71. The molecule has 0 radical (unpaired) electrons. The van der Waals surface area contributed by atoms with Crippen LogP contribution in [0.1, 0.15) is 42.3 Å². The van der Waals surface area contributed by atoms with Crippen molar-refractivity contribution in [1.29, 1.82) is 0 Å². The summed E-state index contributed by atoms with van der Waals surface area (Å²) in [4.78, 5) is 12.8. The lowest BCUT2D eigenvalue weighted by Gasteiger charge is -2.30. The molecule has 0 spiro atoms. The normalized spacial score (nSPS) is 15.2. The maximum Gasteiger partial charge on any atom is 0.248 e. The van der Waals surface area contributed by atoms with Crippen LogP contribution >= 0.6 is 0 Å². The number of ether oxygens (including phenoxy) is 1. The molecule has 1 aliphatic rings. The van der Waals surface area contributed by atoms with Gasteiger partial charge in [0.25, 0.3) is 0 Å². The van der Waals surface area contributed by atoms with Crippen LogP contribution in [0.15, 0.2) is 57.9 Å². The van der Waals surface area contributed by atoms with Crippen LogP contribution in [0.3, 0.4) is 0 Å². The minimum atomic E-state index is -3.93. The van der Waals surface area contributed by atoms with Gasteiger partial charge in [0.05, 0.1) is 6.61 Å². The third-order valence-corrected chi connectivity index (χ3v) is 8.36. The van der Waals surface area contributed by atoms with E-state index in [1.807, 2.05) is 31.2 Å². The van der Waals surface area contributed by atoms with Gasteiger partial charge < -0.3 is 14.6 Å². The average molecular weight is 528 g/mol. The van der Waals surface area contributed by atoms with Crippen LogP contribution in [-0.4, -0.2) is 43.5 Å². The summed E-state index contributed by atoms with van der Waals surface area (Å²) in [5, 5.41) is 6.78. The molecule has 8 nitrogen and oxygen atoms in total. The Hall–Kier alpha value is -3.50. The Balaban J connectivity index is 1.40. The molecule has 2 aromatic carbocycles. The predicted octanol–water partition coefficient (Wildman–Crippen LogP) is 4.41. The number of amides is 1. The summed E-state index contributed by atoms with van der Waals surface area (Å²) >= 11 is 0. The molecule has 1 aromatic heterocycles. The van der Waals surface area contributed by atoms with E-state index in [2.05, 4.69) is 10.5 Å². The molecule has 1 fully saturated rings. The van der Waals surface area contributed by atoms with Crippen LogP contribution < -0.4 is 10.1 Å². The summed E-state index contributed by atoms with van der Waals surface area (Å²) < 4.78 is 53.1. The smallest absolute Gasteiger partial charge is 0.248 e. The van der Waals surface area contributed by atoms with Gasteiger partial charge in [-0.2, -0.15) is 4.31 Å². The average Bonchev–Trinajstić information content (AvgIpc) is 3.28. The van der Waals surface area contributed by atoms with Crippen molar-refractivity contribution in [1.82, 2.24) is 14.8 Å². The number of benzene rings is 2. The molecule has 37 heavy (non-hydrogen) atoms. The Morgan fingerprint density at radius 3 is 2.59 bits per heavy atom. The molecule has 1 amide bonds. The molecule has 10 heteroatoms. The summed E-state index contributed by atoms with van der Waals surface area (Å²) in [5.74, 6) is -0.0717. The van der Waals surface area contributed by atoms with Crippen molar-refractivity contribution >= 4 is 28.1 Å². The van der Waals surface area contributed by atoms with E-state index in [1.54, 1.807) is 25.1 Å². The number of carbonyl (C=O) groups is 1. The third kappa shape index (κ3) is 6.08. The van der Waals surface area contributed by atoms with Gasteiger partial charge in [-0.15, -0.1) is 0 Å². The van der Waals surface area contributed by atoms with Crippen LogP contribution in [0.4, 0.5) is 4.39 Å². The van der Waals surface area contributed by atoms with Crippen molar-refractivity contribution in [3.05, 3.63) is 76.9 Å². The fourth-order valence-electron chi connectivity index (χ4n) is 4.33. The molecule has 1 N–H and O–H groups in total. The van der Waals surface area contributed by atoms with E-state index in [-0.39, 0.29) is 41.3 Å². The van der Waals surface area contributed by atoms with Gasteiger partial charge in [-0.25, -0.2) is 12.8 Å². The Morgan fingerprint density at radius 2 is 1.86 bits per heavy atom. The third-order valence-electron chi connectivity index (χ3n) is 6.30. The maximum atomic E-state index is 14.0. The van der Waals surface area contributed by atoms with E-state index in [4.69, 9.17) is 9.26 Å². The maximum absolute atomic E-state index is 14.0. The van der Waals surface area contributed by atoms with E-state index in [0.717, 1.165) is 11.3 Å². The van der Waals surface area contributed by atoms with Gasteiger partial charge in [-0.3, -0.25) is 4.79 Å². The number of nitrogens with one attached hydrogen (secondary N) is 1. The van der Waals surface area contributed by atoms with Crippen molar-refractivity contribution in [3.63, 3.8) is 0 Å². The van der Waals surface area contributed by atoms with Gasteiger partial charge in [0, 0.05) is 36.7 Å². The summed E-state index contributed by atoms with van der Waals surface area (Å²) in [7, 11) is -3.93. The number of hydrogen-bond acceptors (Lipinski definition) is 6. The van der Waals surface area contributed by atoms with Crippen LogP contribution in [-0.2, 0) is 21.4 Å². The zero-order chi connectivity index (χ0) is 26.4. The van der Waals surface area contributed by atoms with Gasteiger partial charge in [0.1, 0.15) is 17.3 Å². The van der Waals surface area contributed by atoms with Crippen LogP contribution in [0.2, 0.25) is 0 Å². The Kier molecular flexibility index (Phi) is 8.40. The second kappa shape index (κ2) is 11.7. The largest absolute Gasteiger partial charge is 0.494 e. The molecule has 0 bridgehead atoms. The van der Waals surface area contributed by atoms with E-state index in [0.29, 0.717) is 31.6 Å². The van der Waals surface area contributed by atoms with Crippen molar-refractivity contribution in [2.45, 2.75) is 38.1 Å². The van der Waals surface area contributed by atoms with Crippen LogP contribution in [0.5, 0.6) is 5.75 Å². The number of carbonyl (C=O) groups excluding carboxylic acids is 1. The highest BCUT2D eigenvalue weighted by atomic mass is 32.2. The van der Waals surface area contributed by atoms with Gasteiger partial charge in [-0.05, 0) is 51.0 Å². The van der Waals surface area contributed by atoms with E-state index in [9.17, 15) is 17.6 Å². The fraction of sp³-hybridized carbons (Fsp3) is 0.333. The lowest BCUT2D eigenvalue weighted by atomic mass is 9.97. The fourth-order valence-corrected chi connectivity index (χ4v) is 6.05. The molecule has 0 aliphatic carbocycles. The number of para-hydroxylation sites is 1. The molecule has 2 heterocycles. The second-order valence-electron chi connectivity index (χ2n) is 8.75. The van der Waals surface area contributed by atoms with E-state index >= 15 is 0 Å². The molecule has 3 aromatic rings. The number of rotatable bonds is 9. The van der Waals surface area contributed by atoms with E-state index < -0.39 is 15.8 Å². The highest BCUT2D eigenvalue weighted by Crippen LogP contribution is 2.29. The molecule has 1 saturated heterocycles. The number of nitrogens with zero attached hydrogens (tertiary/aromatic N) is 2. The zero-order valence-corrected chi connectivity index (χ0v) is 21.6. The van der Waals surface area contributed by atoms with Gasteiger partial charge in [-0.1, -0.05) is 41.6 Å². The second-order valence-corrected chi connectivity index (χ2v) is 10.6. The van der Waals surface area contributed by atoms with Gasteiger partial charge in [0.15, 0.2) is 10.7 Å². The van der Waals surface area contributed by atoms with Crippen molar-refractivity contribution in [2.75, 3.05) is 19.7 Å². The Bertz CT molecular complexity index is 1380. The van der Waals surface area contributed by atoms with Crippen LogP contribution in [0.25, 0.3) is 12.2 Å². The first-order valence-corrected chi connectivity index (χ1v) is 13.6. The number of aromatic nitrogens is 1. The van der Waals surface area contributed by atoms with Crippen molar-refractivity contribution < 1.29 is 26.9 Å². The van der Waals surface area contributed by atoms with Crippen molar-refractivity contribution in [3.8, 4) is 5.75 Å². The van der Waals surface area contributed by atoms with Gasteiger partial charge in [0.2, 0.25) is 15.9 Å². The molecule has 1 aliphatic heterocycles. The first-order valence-electron chi connectivity index (χ1n) is 12.2. The minimum Gasteiger partial charge on any atom is -0.494 e. The Morgan fingerprint density at radius 1 is 1.16 bits per heavy atom. The first kappa shape index (κ1) is 26.6. The molecule has 0 saturated carbocycles. The number of halogens is 1. The number of aryl methyl sites for hydroxylation is 1. The topological polar surface area (TPSA) is 102 Å². The highest BCUT2D eigenvalue weighted by Gasteiger charge is 2.35. The summed E-state index contributed by atoms with van der Waals surface area (Å²) in [5.41, 5.74) is 1.41. The molecule has 196 valence electrons. The quantitative estimate of drug-likeness (QED) is 0.442. The number of sulfonamides is 1. The standard InChI is InChI=1S/C27H30FN3O5S/c1-3-35-24-11-7-5-9-22(24)18-29-27(32)21-14-16-31(17-15-21)37(33,34)26-19(2)30-36-25(26)13-12-20-8-4-6-10-23(20)28/h4-13,21H,3,14-18H2,1-2H3,(H,29,32). The lowest BCUT2D eigenvalue weighted by Crippen LogP contribution is -2.43. The first-order chi connectivity index (χ1) is 17.8. The zero-order valence-electron chi connectivity index (χ0n) is 20.8. The highest BCUT2D eigenvalue weighted by molar-refractivity contribution is 7.89. The Labute approximate surface area is 216 Å². The summed E-state index contributed by atoms with van der Waals surface area (Å²) in [6, 6.07) is 13.7. The SMILES string of the molecule is CCOc1ccccc1CNC(=O)C1CCN(S(=O)(=O)c2c(C)noc2C=Cc2ccccc2F)CC1.